The SMILES string of the molecule is Cc1ccc2c(CC(=O)Oc3c(Br)cc(Br)c4cccnc34)coc2c1. The predicted molar refractivity (Wildman–Crippen MR) is 107 cm³/mol. The number of benzene rings is 2. The number of halogens is 2. The summed E-state index contributed by atoms with van der Waals surface area (Å²) in [7, 11) is 0. The molecule has 26 heavy (non-hydrogen) atoms. The summed E-state index contributed by atoms with van der Waals surface area (Å²) in [5, 5.41) is 1.80. The minimum absolute atomic E-state index is 0.118. The van der Waals surface area contributed by atoms with Crippen LogP contribution in [0, 0.1) is 6.92 Å². The first-order chi connectivity index (χ1) is 12.5. The Morgan fingerprint density at radius 3 is 2.85 bits per heavy atom. The zero-order chi connectivity index (χ0) is 18.3. The van der Waals surface area contributed by atoms with Crippen molar-refractivity contribution in [3.05, 3.63) is 68.9 Å². The highest BCUT2D eigenvalue weighted by Gasteiger charge is 2.17. The number of furan rings is 1. The van der Waals surface area contributed by atoms with Gasteiger partial charge in [-0.2, -0.15) is 0 Å². The van der Waals surface area contributed by atoms with Gasteiger partial charge < -0.3 is 9.15 Å². The van der Waals surface area contributed by atoms with Crippen molar-refractivity contribution >= 4 is 59.7 Å². The summed E-state index contributed by atoms with van der Waals surface area (Å²) in [6.07, 6.45) is 3.40. The van der Waals surface area contributed by atoms with Gasteiger partial charge in [-0.3, -0.25) is 9.78 Å². The van der Waals surface area contributed by atoms with Gasteiger partial charge in [-0.1, -0.05) is 34.1 Å². The number of aryl methyl sites for hydroxylation is 1. The average molecular weight is 475 g/mol. The molecule has 4 aromatic rings. The van der Waals surface area contributed by atoms with E-state index >= 15 is 0 Å². The van der Waals surface area contributed by atoms with Crippen LogP contribution < -0.4 is 4.74 Å². The van der Waals surface area contributed by atoms with Crippen LogP contribution in [0.4, 0.5) is 0 Å². The van der Waals surface area contributed by atoms with Crippen LogP contribution in [0.1, 0.15) is 11.1 Å². The van der Waals surface area contributed by atoms with E-state index in [1.807, 2.05) is 43.3 Å². The van der Waals surface area contributed by atoms with Crippen molar-refractivity contribution < 1.29 is 13.9 Å². The highest BCUT2D eigenvalue weighted by atomic mass is 79.9. The first kappa shape index (κ1) is 17.2. The minimum Gasteiger partial charge on any atom is -0.464 e. The molecule has 2 aromatic carbocycles. The van der Waals surface area contributed by atoms with Gasteiger partial charge in [0.05, 0.1) is 17.2 Å². The fraction of sp³-hybridized carbons (Fsp3) is 0.100. The number of hydrogen-bond acceptors (Lipinski definition) is 4. The molecular formula is C20H13Br2NO3. The second kappa shape index (κ2) is 6.85. The summed E-state index contributed by atoms with van der Waals surface area (Å²) < 4.78 is 12.7. The number of rotatable bonds is 3. The van der Waals surface area contributed by atoms with Gasteiger partial charge in [-0.25, -0.2) is 0 Å². The van der Waals surface area contributed by atoms with E-state index in [1.54, 1.807) is 12.5 Å². The van der Waals surface area contributed by atoms with Crippen LogP contribution in [0.3, 0.4) is 0 Å². The van der Waals surface area contributed by atoms with E-state index in [-0.39, 0.29) is 12.4 Å². The third kappa shape index (κ3) is 3.15. The topological polar surface area (TPSA) is 52.3 Å². The second-order valence-electron chi connectivity index (χ2n) is 5.98. The van der Waals surface area contributed by atoms with Crippen LogP contribution in [0.15, 0.2) is 62.2 Å². The Bertz CT molecular complexity index is 1150. The number of carbonyl (C=O) groups excluding carboxylic acids is 1. The first-order valence-corrected chi connectivity index (χ1v) is 9.51. The van der Waals surface area contributed by atoms with Gasteiger partial charge in [0.2, 0.25) is 0 Å². The fourth-order valence-corrected chi connectivity index (χ4v) is 4.23. The smallest absolute Gasteiger partial charge is 0.315 e. The Morgan fingerprint density at radius 2 is 2.00 bits per heavy atom. The van der Waals surface area contributed by atoms with Gasteiger partial charge in [-0.05, 0) is 46.6 Å². The lowest BCUT2D eigenvalue weighted by Crippen LogP contribution is -2.12. The Morgan fingerprint density at radius 1 is 1.15 bits per heavy atom. The molecule has 0 atom stereocenters. The molecule has 6 heteroatoms. The van der Waals surface area contributed by atoms with Gasteiger partial charge in [0.25, 0.3) is 0 Å². The van der Waals surface area contributed by atoms with Crippen LogP contribution in [-0.2, 0) is 11.2 Å². The van der Waals surface area contributed by atoms with Gasteiger partial charge in [0.1, 0.15) is 11.1 Å². The predicted octanol–water partition coefficient (Wildman–Crippen LogP) is 5.96. The summed E-state index contributed by atoms with van der Waals surface area (Å²) in [4.78, 5) is 16.9. The van der Waals surface area contributed by atoms with Crippen LogP contribution in [-0.4, -0.2) is 11.0 Å². The molecule has 0 bridgehead atoms. The standard InChI is InChI=1S/C20H13Br2NO3/c1-11-4-5-13-12(10-25-17(13)7-11)8-18(24)26-20-16(22)9-15(21)14-3-2-6-23-19(14)20/h2-7,9-10H,8H2,1H3. The lowest BCUT2D eigenvalue weighted by molar-refractivity contribution is -0.133. The monoisotopic (exact) mass is 473 g/mol. The summed E-state index contributed by atoms with van der Waals surface area (Å²) in [6.45, 7) is 2.00. The van der Waals surface area contributed by atoms with E-state index in [2.05, 4.69) is 36.8 Å². The maximum absolute atomic E-state index is 12.5. The van der Waals surface area contributed by atoms with Crippen molar-refractivity contribution in [2.24, 2.45) is 0 Å². The highest BCUT2D eigenvalue weighted by molar-refractivity contribution is 9.11. The van der Waals surface area contributed by atoms with E-state index in [9.17, 15) is 4.79 Å². The third-order valence-corrected chi connectivity index (χ3v) is 5.36. The third-order valence-electron chi connectivity index (χ3n) is 4.11. The van der Waals surface area contributed by atoms with E-state index in [4.69, 9.17) is 9.15 Å². The molecule has 0 spiro atoms. The Balaban J connectivity index is 1.65. The number of aromatic nitrogens is 1. The Hall–Kier alpha value is -2.18. The van der Waals surface area contributed by atoms with Crippen molar-refractivity contribution in [3.8, 4) is 5.75 Å². The zero-order valence-electron chi connectivity index (χ0n) is 13.8. The van der Waals surface area contributed by atoms with Crippen molar-refractivity contribution in [3.63, 3.8) is 0 Å². The molecule has 0 saturated carbocycles. The molecular weight excluding hydrogens is 462 g/mol. The molecule has 2 aromatic heterocycles. The van der Waals surface area contributed by atoms with Crippen LogP contribution in [0.2, 0.25) is 0 Å². The van der Waals surface area contributed by atoms with Crippen molar-refractivity contribution in [2.45, 2.75) is 13.3 Å². The molecule has 0 saturated heterocycles. The highest BCUT2D eigenvalue weighted by Crippen LogP contribution is 2.37. The molecule has 0 fully saturated rings. The maximum atomic E-state index is 12.5. The Labute approximate surface area is 166 Å². The molecule has 0 aliphatic heterocycles. The van der Waals surface area contributed by atoms with Crippen molar-refractivity contribution in [1.29, 1.82) is 0 Å². The van der Waals surface area contributed by atoms with E-state index in [0.717, 1.165) is 32.0 Å². The van der Waals surface area contributed by atoms with Crippen molar-refractivity contribution in [2.75, 3.05) is 0 Å². The van der Waals surface area contributed by atoms with E-state index in [1.165, 1.54) is 0 Å². The summed E-state index contributed by atoms with van der Waals surface area (Å²) in [5.41, 5.74) is 3.30. The number of ether oxygens (including phenoxy) is 1. The molecule has 0 aliphatic carbocycles. The summed E-state index contributed by atoms with van der Waals surface area (Å²) >= 11 is 6.96. The number of pyridine rings is 1. The lowest BCUT2D eigenvalue weighted by Gasteiger charge is -2.10. The van der Waals surface area contributed by atoms with Crippen LogP contribution in [0.5, 0.6) is 5.75 Å². The fourth-order valence-electron chi connectivity index (χ4n) is 2.88. The molecule has 130 valence electrons. The number of carbonyl (C=O) groups is 1. The average Bonchev–Trinajstić information content (AvgIpc) is 3.00. The molecule has 4 rings (SSSR count). The van der Waals surface area contributed by atoms with Gasteiger partial charge in [0, 0.05) is 27.0 Å². The largest absolute Gasteiger partial charge is 0.464 e. The van der Waals surface area contributed by atoms with E-state index < -0.39 is 0 Å². The van der Waals surface area contributed by atoms with Gasteiger partial charge >= 0.3 is 5.97 Å². The van der Waals surface area contributed by atoms with Gasteiger partial charge in [0.15, 0.2) is 5.75 Å². The first-order valence-electron chi connectivity index (χ1n) is 7.93. The second-order valence-corrected chi connectivity index (χ2v) is 7.69. The number of fused-ring (bicyclic) bond motifs is 2. The molecule has 0 amide bonds. The molecule has 0 unspecified atom stereocenters. The van der Waals surface area contributed by atoms with E-state index in [0.29, 0.717) is 15.7 Å². The lowest BCUT2D eigenvalue weighted by atomic mass is 10.1. The molecule has 0 radical (unpaired) electrons. The number of hydrogen-bond donors (Lipinski definition) is 0. The minimum atomic E-state index is -0.372. The number of nitrogens with zero attached hydrogens (tertiary/aromatic N) is 1. The molecule has 0 aliphatic rings. The quantitative estimate of drug-likeness (QED) is 0.271. The number of esters is 1. The van der Waals surface area contributed by atoms with Gasteiger partial charge in [-0.15, -0.1) is 0 Å². The summed E-state index contributed by atoms with van der Waals surface area (Å²) in [6, 6.07) is 11.5. The Kier molecular flexibility index (Phi) is 4.54. The zero-order valence-corrected chi connectivity index (χ0v) is 16.9. The molecule has 4 nitrogen and oxygen atoms in total. The van der Waals surface area contributed by atoms with Crippen LogP contribution in [0.25, 0.3) is 21.9 Å². The molecule has 0 N–H and O–H groups in total. The van der Waals surface area contributed by atoms with Crippen molar-refractivity contribution in [1.82, 2.24) is 4.98 Å². The van der Waals surface area contributed by atoms with Crippen LogP contribution >= 0.6 is 31.9 Å². The summed E-state index contributed by atoms with van der Waals surface area (Å²) in [5.74, 6) is 0.0423. The maximum Gasteiger partial charge on any atom is 0.315 e. The molecule has 2 heterocycles. The normalized spacial score (nSPS) is 11.2.